The average molecular weight is 229 g/mol. The lowest BCUT2D eigenvalue weighted by Gasteiger charge is -2.20. The Morgan fingerprint density at radius 3 is 2.69 bits per heavy atom. The minimum absolute atomic E-state index is 0.0604. The SMILES string of the molecule is CC1CN(CCC(F)(F)F)c2ccccc21. The van der Waals surface area contributed by atoms with Gasteiger partial charge < -0.3 is 4.90 Å². The van der Waals surface area contributed by atoms with Crippen molar-refractivity contribution in [3.8, 4) is 0 Å². The van der Waals surface area contributed by atoms with E-state index in [0.717, 1.165) is 11.3 Å². The summed E-state index contributed by atoms with van der Waals surface area (Å²) >= 11 is 0. The van der Waals surface area contributed by atoms with Crippen molar-refractivity contribution in [3.63, 3.8) is 0 Å². The van der Waals surface area contributed by atoms with E-state index in [0.29, 0.717) is 12.5 Å². The topological polar surface area (TPSA) is 3.24 Å². The average Bonchev–Trinajstić information content (AvgIpc) is 2.53. The number of alkyl halides is 3. The van der Waals surface area contributed by atoms with Gasteiger partial charge in [0.15, 0.2) is 0 Å². The Balaban J connectivity index is 2.09. The predicted molar refractivity (Wildman–Crippen MR) is 57.7 cm³/mol. The van der Waals surface area contributed by atoms with E-state index in [-0.39, 0.29) is 6.54 Å². The number of nitrogens with zero attached hydrogens (tertiary/aromatic N) is 1. The second kappa shape index (κ2) is 4.00. The Labute approximate surface area is 92.9 Å². The summed E-state index contributed by atoms with van der Waals surface area (Å²) in [5, 5.41) is 0. The summed E-state index contributed by atoms with van der Waals surface area (Å²) in [6.07, 6.45) is -4.81. The van der Waals surface area contributed by atoms with E-state index in [1.807, 2.05) is 36.1 Å². The first-order chi connectivity index (χ1) is 7.47. The zero-order valence-electron chi connectivity index (χ0n) is 9.09. The van der Waals surface area contributed by atoms with E-state index >= 15 is 0 Å². The number of anilines is 1. The number of hydrogen-bond acceptors (Lipinski definition) is 1. The molecule has 1 nitrogen and oxygen atoms in total. The van der Waals surface area contributed by atoms with Crippen LogP contribution in [-0.2, 0) is 0 Å². The predicted octanol–water partition coefficient (Wildman–Crippen LogP) is 3.56. The molecule has 0 amide bonds. The van der Waals surface area contributed by atoms with E-state index in [2.05, 4.69) is 0 Å². The zero-order valence-corrected chi connectivity index (χ0v) is 9.09. The summed E-state index contributed by atoms with van der Waals surface area (Å²) in [6, 6.07) is 7.70. The van der Waals surface area contributed by atoms with Crippen LogP contribution in [0.1, 0.15) is 24.8 Å². The third-order valence-corrected chi connectivity index (χ3v) is 2.97. The maximum Gasteiger partial charge on any atom is 0.390 e. The molecule has 0 spiro atoms. The van der Waals surface area contributed by atoms with E-state index in [9.17, 15) is 13.2 Å². The summed E-state index contributed by atoms with van der Waals surface area (Å²) in [7, 11) is 0. The summed E-state index contributed by atoms with van der Waals surface area (Å²) in [5.41, 5.74) is 2.11. The first-order valence-corrected chi connectivity index (χ1v) is 5.38. The van der Waals surface area contributed by atoms with Gasteiger partial charge in [0.1, 0.15) is 0 Å². The van der Waals surface area contributed by atoms with Crippen LogP contribution < -0.4 is 4.90 Å². The van der Waals surface area contributed by atoms with Gasteiger partial charge in [-0.1, -0.05) is 25.1 Å². The molecule has 16 heavy (non-hydrogen) atoms. The van der Waals surface area contributed by atoms with Gasteiger partial charge in [0.2, 0.25) is 0 Å². The van der Waals surface area contributed by atoms with E-state index in [4.69, 9.17) is 0 Å². The summed E-state index contributed by atoms with van der Waals surface area (Å²) in [5.74, 6) is 0.324. The Bertz CT molecular complexity index is 373. The fourth-order valence-electron chi connectivity index (χ4n) is 2.19. The van der Waals surface area contributed by atoms with Gasteiger partial charge in [0.05, 0.1) is 6.42 Å². The smallest absolute Gasteiger partial charge is 0.370 e. The lowest BCUT2D eigenvalue weighted by Crippen LogP contribution is -2.26. The lowest BCUT2D eigenvalue weighted by molar-refractivity contribution is -0.132. The minimum Gasteiger partial charge on any atom is -0.370 e. The van der Waals surface area contributed by atoms with Gasteiger partial charge in [-0.2, -0.15) is 13.2 Å². The maximum atomic E-state index is 12.2. The molecule has 0 N–H and O–H groups in total. The van der Waals surface area contributed by atoms with Crippen LogP contribution in [0.3, 0.4) is 0 Å². The fraction of sp³-hybridized carbons (Fsp3) is 0.500. The zero-order chi connectivity index (χ0) is 11.8. The van der Waals surface area contributed by atoms with Crippen molar-refractivity contribution in [2.24, 2.45) is 0 Å². The number of hydrogen-bond donors (Lipinski definition) is 0. The second-order valence-corrected chi connectivity index (χ2v) is 4.27. The number of para-hydroxylation sites is 1. The lowest BCUT2D eigenvalue weighted by atomic mass is 10.0. The van der Waals surface area contributed by atoms with Crippen LogP contribution >= 0.6 is 0 Å². The van der Waals surface area contributed by atoms with Crippen molar-refractivity contribution in [1.29, 1.82) is 0 Å². The molecular formula is C12H14F3N. The number of fused-ring (bicyclic) bond motifs is 1. The third-order valence-electron chi connectivity index (χ3n) is 2.97. The molecule has 2 rings (SSSR count). The Kier molecular flexibility index (Phi) is 2.82. The van der Waals surface area contributed by atoms with E-state index < -0.39 is 12.6 Å². The van der Waals surface area contributed by atoms with Crippen LogP contribution in [0, 0.1) is 0 Å². The van der Waals surface area contributed by atoms with E-state index in [1.54, 1.807) is 0 Å². The molecule has 1 atom stereocenters. The molecule has 0 aliphatic carbocycles. The molecule has 1 aliphatic heterocycles. The maximum absolute atomic E-state index is 12.2. The molecule has 1 aromatic carbocycles. The molecule has 4 heteroatoms. The van der Waals surface area contributed by atoms with Crippen LogP contribution in [0.5, 0.6) is 0 Å². The number of rotatable bonds is 2. The minimum atomic E-state index is -4.07. The first-order valence-electron chi connectivity index (χ1n) is 5.38. The van der Waals surface area contributed by atoms with Crippen LogP contribution in [-0.4, -0.2) is 19.3 Å². The molecule has 0 aromatic heterocycles. The number of halogens is 3. The molecule has 1 heterocycles. The highest BCUT2D eigenvalue weighted by Gasteiger charge is 2.31. The standard InChI is InChI=1S/C12H14F3N/c1-9-8-16(7-6-12(13,14)15)11-5-3-2-4-10(9)11/h2-5,9H,6-8H2,1H3. The van der Waals surface area contributed by atoms with Gasteiger partial charge in [-0.25, -0.2) is 0 Å². The Hall–Kier alpha value is -1.19. The first kappa shape index (κ1) is 11.3. The van der Waals surface area contributed by atoms with Crippen molar-refractivity contribution < 1.29 is 13.2 Å². The quantitative estimate of drug-likeness (QED) is 0.749. The molecule has 1 aliphatic rings. The molecule has 1 aromatic rings. The van der Waals surface area contributed by atoms with Crippen LogP contribution in [0.15, 0.2) is 24.3 Å². The van der Waals surface area contributed by atoms with Gasteiger partial charge in [-0.05, 0) is 11.6 Å². The van der Waals surface area contributed by atoms with Gasteiger partial charge in [0.25, 0.3) is 0 Å². The molecule has 0 saturated carbocycles. The van der Waals surface area contributed by atoms with Crippen molar-refractivity contribution in [2.45, 2.75) is 25.4 Å². The number of benzene rings is 1. The fourth-order valence-corrected chi connectivity index (χ4v) is 2.19. The molecule has 0 bridgehead atoms. The normalized spacial score (nSPS) is 20.0. The highest BCUT2D eigenvalue weighted by atomic mass is 19.4. The van der Waals surface area contributed by atoms with Crippen molar-refractivity contribution in [1.82, 2.24) is 0 Å². The van der Waals surface area contributed by atoms with Crippen LogP contribution in [0.25, 0.3) is 0 Å². The van der Waals surface area contributed by atoms with Gasteiger partial charge in [-0.15, -0.1) is 0 Å². The Morgan fingerprint density at radius 1 is 1.31 bits per heavy atom. The van der Waals surface area contributed by atoms with E-state index in [1.165, 1.54) is 0 Å². The molecule has 0 saturated heterocycles. The second-order valence-electron chi connectivity index (χ2n) is 4.27. The summed E-state index contributed by atoms with van der Waals surface area (Å²) < 4.78 is 36.5. The monoisotopic (exact) mass is 229 g/mol. The Morgan fingerprint density at radius 2 is 2.00 bits per heavy atom. The van der Waals surface area contributed by atoms with Crippen molar-refractivity contribution in [3.05, 3.63) is 29.8 Å². The summed E-state index contributed by atoms with van der Waals surface area (Å²) in [4.78, 5) is 1.83. The molecular weight excluding hydrogens is 215 g/mol. The van der Waals surface area contributed by atoms with Crippen molar-refractivity contribution in [2.75, 3.05) is 18.0 Å². The van der Waals surface area contributed by atoms with Crippen LogP contribution in [0.4, 0.5) is 18.9 Å². The van der Waals surface area contributed by atoms with Gasteiger partial charge >= 0.3 is 6.18 Å². The van der Waals surface area contributed by atoms with Gasteiger partial charge in [-0.3, -0.25) is 0 Å². The highest BCUT2D eigenvalue weighted by Crippen LogP contribution is 2.36. The third kappa shape index (κ3) is 2.31. The van der Waals surface area contributed by atoms with Crippen molar-refractivity contribution >= 4 is 5.69 Å². The molecule has 1 unspecified atom stereocenters. The molecule has 0 fully saturated rings. The largest absolute Gasteiger partial charge is 0.390 e. The molecule has 0 radical (unpaired) electrons. The van der Waals surface area contributed by atoms with Crippen LogP contribution in [0.2, 0.25) is 0 Å². The summed E-state index contributed by atoms with van der Waals surface area (Å²) in [6.45, 7) is 2.80. The van der Waals surface area contributed by atoms with Gasteiger partial charge in [0, 0.05) is 24.7 Å². The highest BCUT2D eigenvalue weighted by molar-refractivity contribution is 5.59. The molecule has 88 valence electrons.